The Bertz CT molecular complexity index is 669. The molecule has 0 spiro atoms. The largest absolute Gasteiger partial charge is 0.394 e. The molecule has 3 unspecified atom stereocenters. The topological polar surface area (TPSA) is 113 Å². The highest BCUT2D eigenvalue weighted by Crippen LogP contribution is 2.30. The van der Waals surface area contributed by atoms with Crippen LogP contribution in [0.4, 0.5) is 0 Å². The van der Waals surface area contributed by atoms with E-state index in [0.29, 0.717) is 16.8 Å². The first kappa shape index (κ1) is 12.7. The highest BCUT2D eigenvalue weighted by Gasteiger charge is 2.35. The molecule has 0 bridgehead atoms. The van der Waals surface area contributed by atoms with E-state index in [0.717, 1.165) is 0 Å². The lowest BCUT2D eigenvalue weighted by Gasteiger charge is -2.13. The predicted molar refractivity (Wildman–Crippen MR) is 67.5 cm³/mol. The number of ether oxygens (including phenoxy) is 1. The summed E-state index contributed by atoms with van der Waals surface area (Å²) in [5.41, 5.74) is 0.216. The predicted octanol–water partition coefficient (Wildman–Crippen LogP) is -0.477. The SMILES string of the molecule is O=c1[nH]c(Br)nc2c1ncn2C1CC(O)C(CO)O1. The third-order valence-electron chi connectivity index (χ3n) is 3.10. The van der Waals surface area contributed by atoms with E-state index in [4.69, 9.17) is 9.84 Å². The second kappa shape index (κ2) is 4.67. The summed E-state index contributed by atoms with van der Waals surface area (Å²) < 4.78 is 7.38. The first-order chi connectivity index (χ1) is 9.10. The van der Waals surface area contributed by atoms with E-state index in [1.54, 1.807) is 4.57 Å². The number of nitrogens with one attached hydrogen (secondary N) is 1. The van der Waals surface area contributed by atoms with Gasteiger partial charge in [-0.05, 0) is 15.9 Å². The number of aliphatic hydroxyl groups is 2. The number of H-pyrrole nitrogens is 1. The minimum atomic E-state index is -0.752. The zero-order valence-electron chi connectivity index (χ0n) is 9.65. The fraction of sp³-hybridized carbons (Fsp3) is 0.500. The van der Waals surface area contributed by atoms with Crippen molar-refractivity contribution in [2.45, 2.75) is 24.9 Å². The number of aliphatic hydroxyl groups excluding tert-OH is 2. The zero-order valence-corrected chi connectivity index (χ0v) is 11.2. The molecule has 3 heterocycles. The molecule has 0 aromatic carbocycles. The van der Waals surface area contributed by atoms with E-state index >= 15 is 0 Å². The average Bonchev–Trinajstić information content (AvgIpc) is 2.92. The molecule has 2 aromatic heterocycles. The third-order valence-corrected chi connectivity index (χ3v) is 3.47. The van der Waals surface area contributed by atoms with Gasteiger partial charge in [-0.2, -0.15) is 0 Å². The van der Waals surface area contributed by atoms with Crippen LogP contribution in [0.15, 0.2) is 15.9 Å². The molecule has 2 aromatic rings. The number of rotatable bonds is 2. The number of fused-ring (bicyclic) bond motifs is 1. The monoisotopic (exact) mass is 330 g/mol. The maximum atomic E-state index is 11.7. The van der Waals surface area contributed by atoms with Crippen LogP contribution in [0, 0.1) is 0 Å². The molecule has 1 aliphatic rings. The Labute approximate surface area is 115 Å². The van der Waals surface area contributed by atoms with E-state index < -0.39 is 18.4 Å². The normalized spacial score (nSPS) is 27.2. The van der Waals surface area contributed by atoms with Gasteiger partial charge in [-0.15, -0.1) is 0 Å². The van der Waals surface area contributed by atoms with Crippen molar-refractivity contribution < 1.29 is 14.9 Å². The number of nitrogens with zero attached hydrogens (tertiary/aromatic N) is 3. The molecular formula is C10H11BrN4O4. The Balaban J connectivity index is 2.05. The molecule has 0 radical (unpaired) electrons. The third kappa shape index (κ3) is 2.08. The number of hydrogen-bond donors (Lipinski definition) is 3. The molecule has 3 rings (SSSR count). The molecule has 3 atom stereocenters. The van der Waals surface area contributed by atoms with Crippen LogP contribution in [0.1, 0.15) is 12.6 Å². The van der Waals surface area contributed by atoms with E-state index in [9.17, 15) is 9.90 Å². The van der Waals surface area contributed by atoms with Crippen molar-refractivity contribution in [3.05, 3.63) is 21.4 Å². The van der Waals surface area contributed by atoms with E-state index in [2.05, 4.69) is 30.9 Å². The van der Waals surface area contributed by atoms with Gasteiger partial charge in [0.1, 0.15) is 12.3 Å². The maximum Gasteiger partial charge on any atom is 0.279 e. The van der Waals surface area contributed by atoms with Crippen molar-refractivity contribution in [1.29, 1.82) is 0 Å². The van der Waals surface area contributed by atoms with Gasteiger partial charge in [0.15, 0.2) is 15.9 Å². The summed E-state index contributed by atoms with van der Waals surface area (Å²) in [7, 11) is 0. The standard InChI is InChI=1S/C10H11BrN4O4/c11-10-13-8-7(9(18)14-10)12-3-15(8)6-1-4(17)5(2-16)19-6/h3-6,16-17H,1-2H2,(H,13,14,18). The van der Waals surface area contributed by atoms with Crippen molar-refractivity contribution >= 4 is 27.1 Å². The summed E-state index contributed by atoms with van der Waals surface area (Å²) in [6.45, 7) is -0.262. The molecule has 0 amide bonds. The van der Waals surface area contributed by atoms with Crippen LogP contribution in [0.2, 0.25) is 0 Å². The number of aromatic amines is 1. The summed E-state index contributed by atoms with van der Waals surface area (Å²) in [6.07, 6.45) is -0.136. The average molecular weight is 331 g/mol. The Hall–Kier alpha value is -1.29. The first-order valence-corrected chi connectivity index (χ1v) is 6.46. The molecule has 19 heavy (non-hydrogen) atoms. The lowest BCUT2D eigenvalue weighted by Crippen LogP contribution is -2.24. The van der Waals surface area contributed by atoms with E-state index in [1.807, 2.05) is 0 Å². The summed E-state index contributed by atoms with van der Waals surface area (Å²) in [5, 5.41) is 18.8. The zero-order chi connectivity index (χ0) is 13.6. The molecular weight excluding hydrogens is 320 g/mol. The van der Waals surface area contributed by atoms with Crippen LogP contribution in [0.5, 0.6) is 0 Å². The Morgan fingerprint density at radius 1 is 1.63 bits per heavy atom. The molecule has 1 saturated heterocycles. The fourth-order valence-corrected chi connectivity index (χ4v) is 2.51. The van der Waals surface area contributed by atoms with Gasteiger partial charge in [-0.25, -0.2) is 9.97 Å². The van der Waals surface area contributed by atoms with Gasteiger partial charge in [0.25, 0.3) is 5.56 Å². The fourth-order valence-electron chi connectivity index (χ4n) is 2.16. The summed E-state index contributed by atoms with van der Waals surface area (Å²) >= 11 is 3.11. The van der Waals surface area contributed by atoms with Crippen molar-refractivity contribution in [2.75, 3.05) is 6.61 Å². The first-order valence-electron chi connectivity index (χ1n) is 5.67. The van der Waals surface area contributed by atoms with Gasteiger partial charge >= 0.3 is 0 Å². The van der Waals surface area contributed by atoms with Gasteiger partial charge in [0.05, 0.1) is 19.0 Å². The number of imidazole rings is 1. The summed E-state index contributed by atoms with van der Waals surface area (Å²) in [6, 6.07) is 0. The van der Waals surface area contributed by atoms with Crippen LogP contribution in [-0.2, 0) is 4.74 Å². The minimum Gasteiger partial charge on any atom is -0.394 e. The highest BCUT2D eigenvalue weighted by molar-refractivity contribution is 9.10. The van der Waals surface area contributed by atoms with Crippen molar-refractivity contribution in [3.8, 4) is 0 Å². The van der Waals surface area contributed by atoms with Crippen LogP contribution in [0.3, 0.4) is 0 Å². The summed E-state index contributed by atoms with van der Waals surface area (Å²) in [5.74, 6) is 0. The molecule has 0 aliphatic carbocycles. The molecule has 0 saturated carbocycles. The molecule has 3 N–H and O–H groups in total. The highest BCUT2D eigenvalue weighted by atomic mass is 79.9. The van der Waals surface area contributed by atoms with Gasteiger partial charge in [0, 0.05) is 6.42 Å². The maximum absolute atomic E-state index is 11.7. The van der Waals surface area contributed by atoms with Crippen molar-refractivity contribution in [3.63, 3.8) is 0 Å². The minimum absolute atomic E-state index is 0.203. The van der Waals surface area contributed by atoms with Gasteiger partial charge < -0.3 is 14.9 Å². The smallest absolute Gasteiger partial charge is 0.279 e. The lowest BCUT2D eigenvalue weighted by molar-refractivity contribution is -0.0432. The van der Waals surface area contributed by atoms with Crippen molar-refractivity contribution in [2.24, 2.45) is 0 Å². The Morgan fingerprint density at radius 3 is 3.11 bits per heavy atom. The van der Waals surface area contributed by atoms with Crippen molar-refractivity contribution in [1.82, 2.24) is 19.5 Å². The Kier molecular flexibility index (Phi) is 3.13. The van der Waals surface area contributed by atoms with Gasteiger partial charge in [-0.1, -0.05) is 0 Å². The number of aromatic nitrogens is 4. The molecule has 102 valence electrons. The van der Waals surface area contributed by atoms with Crippen LogP contribution in [0.25, 0.3) is 11.2 Å². The van der Waals surface area contributed by atoms with Crippen LogP contribution < -0.4 is 5.56 Å². The molecule has 9 heteroatoms. The quantitative estimate of drug-likeness (QED) is 0.641. The van der Waals surface area contributed by atoms with Crippen LogP contribution in [-0.4, -0.2) is 48.5 Å². The second-order valence-corrected chi connectivity index (χ2v) is 5.05. The Morgan fingerprint density at radius 2 is 2.42 bits per heavy atom. The summed E-state index contributed by atoms with van der Waals surface area (Å²) in [4.78, 5) is 22.3. The van der Waals surface area contributed by atoms with E-state index in [1.165, 1.54) is 6.33 Å². The van der Waals surface area contributed by atoms with Gasteiger partial charge in [-0.3, -0.25) is 14.3 Å². The van der Waals surface area contributed by atoms with E-state index in [-0.39, 0.29) is 17.7 Å². The second-order valence-electron chi connectivity index (χ2n) is 4.30. The van der Waals surface area contributed by atoms with Gasteiger partial charge in [0.2, 0.25) is 0 Å². The lowest BCUT2D eigenvalue weighted by atomic mass is 10.2. The number of hydrogen-bond acceptors (Lipinski definition) is 6. The molecule has 1 aliphatic heterocycles. The van der Waals surface area contributed by atoms with Crippen LogP contribution >= 0.6 is 15.9 Å². The number of halogens is 1. The molecule has 1 fully saturated rings. The molecule has 8 nitrogen and oxygen atoms in total.